The molecule has 0 fully saturated rings. The second-order valence-electron chi connectivity index (χ2n) is 11.9. The van der Waals surface area contributed by atoms with Gasteiger partial charge in [0.1, 0.15) is 11.2 Å². The molecule has 10 aromatic rings. The topological polar surface area (TPSA) is 13.1 Å². The van der Waals surface area contributed by atoms with Gasteiger partial charge in [0.25, 0.3) is 0 Å². The SMILES string of the molecule is [2H]c1c([2H])c([2H])c2c(-c3ccc4ccccc4c3)c3c([2H])c([2H])c([2H])c([2H])c3c(-c3cccc(-c4ccc5c(c4)oc4ccc6ccccc6c45)c3)c2c1[2H]. The van der Waals surface area contributed by atoms with Crippen molar-refractivity contribution in [2.45, 2.75) is 0 Å². The average Bonchev–Trinajstić information content (AvgIpc) is 3.61. The van der Waals surface area contributed by atoms with Crippen molar-refractivity contribution in [2.75, 3.05) is 0 Å². The van der Waals surface area contributed by atoms with Gasteiger partial charge in [-0.25, -0.2) is 0 Å². The van der Waals surface area contributed by atoms with Crippen molar-refractivity contribution in [3.63, 3.8) is 0 Å². The molecule has 0 spiro atoms. The summed E-state index contributed by atoms with van der Waals surface area (Å²) >= 11 is 0. The normalized spacial score (nSPS) is 14.2. The lowest BCUT2D eigenvalue weighted by molar-refractivity contribution is 0.669. The van der Waals surface area contributed by atoms with E-state index in [1.165, 1.54) is 0 Å². The lowest BCUT2D eigenvalue weighted by Crippen LogP contribution is -1.91. The van der Waals surface area contributed by atoms with Crippen LogP contribution in [0.25, 0.3) is 98.4 Å². The summed E-state index contributed by atoms with van der Waals surface area (Å²) in [5, 5.41) is 6.85. The van der Waals surface area contributed by atoms with Crippen LogP contribution in [0.1, 0.15) is 11.0 Å². The summed E-state index contributed by atoms with van der Waals surface area (Å²) in [6.45, 7) is 0. The van der Waals surface area contributed by atoms with Gasteiger partial charge in [-0.3, -0.25) is 0 Å². The zero-order valence-electron chi connectivity index (χ0n) is 33.0. The molecule has 1 heterocycles. The Morgan fingerprint density at radius 1 is 0.362 bits per heavy atom. The van der Waals surface area contributed by atoms with E-state index in [1.807, 2.05) is 109 Å². The highest BCUT2D eigenvalue weighted by atomic mass is 16.3. The number of fused-ring (bicyclic) bond motifs is 8. The second kappa shape index (κ2) is 10.2. The van der Waals surface area contributed by atoms with Gasteiger partial charge in [0, 0.05) is 10.8 Å². The zero-order chi connectivity index (χ0) is 37.9. The Bertz CT molecular complexity index is 3230. The predicted octanol–water partition coefficient (Wildman–Crippen LogP) is 13.2. The molecule has 0 aliphatic rings. The minimum absolute atomic E-state index is 0.184. The largest absolute Gasteiger partial charge is 0.456 e. The molecule has 0 aliphatic carbocycles. The number of hydrogen-bond donors (Lipinski definition) is 0. The Kier molecular flexibility index (Phi) is 4.19. The van der Waals surface area contributed by atoms with Gasteiger partial charge in [-0.1, -0.05) is 139 Å². The lowest BCUT2D eigenvalue weighted by atomic mass is 9.85. The van der Waals surface area contributed by atoms with Crippen molar-refractivity contribution in [1.29, 1.82) is 0 Å². The highest BCUT2D eigenvalue weighted by Gasteiger charge is 2.18. The predicted molar refractivity (Wildman–Crippen MR) is 200 cm³/mol. The number of rotatable bonds is 3. The Hall–Kier alpha value is -6.18. The number of furan rings is 1. The maximum absolute atomic E-state index is 9.32. The van der Waals surface area contributed by atoms with Gasteiger partial charge in [-0.15, -0.1) is 0 Å². The fourth-order valence-corrected chi connectivity index (χ4v) is 7.13. The molecule has 9 aromatic carbocycles. The molecule has 1 aromatic heterocycles. The Morgan fingerprint density at radius 3 is 1.68 bits per heavy atom. The Labute approximate surface area is 283 Å². The molecule has 0 atom stereocenters. The van der Waals surface area contributed by atoms with E-state index in [9.17, 15) is 5.48 Å². The third-order valence-electron chi connectivity index (χ3n) is 9.26. The van der Waals surface area contributed by atoms with Crippen LogP contribution < -0.4 is 0 Å². The van der Waals surface area contributed by atoms with Crippen molar-refractivity contribution < 1.29 is 15.4 Å². The van der Waals surface area contributed by atoms with Crippen LogP contribution in [0.4, 0.5) is 0 Å². The van der Waals surface area contributed by atoms with E-state index in [1.54, 1.807) is 0 Å². The molecule has 1 nitrogen and oxygen atoms in total. The van der Waals surface area contributed by atoms with Crippen molar-refractivity contribution in [3.8, 4) is 33.4 Å². The van der Waals surface area contributed by atoms with Crippen LogP contribution in [-0.4, -0.2) is 0 Å². The van der Waals surface area contributed by atoms with Crippen molar-refractivity contribution >= 4 is 65.0 Å². The summed E-state index contributed by atoms with van der Waals surface area (Å²) in [4.78, 5) is 0. The highest BCUT2D eigenvalue weighted by Crippen LogP contribution is 2.45. The van der Waals surface area contributed by atoms with Crippen LogP contribution in [-0.2, 0) is 0 Å². The second-order valence-corrected chi connectivity index (χ2v) is 11.9. The number of hydrogen-bond acceptors (Lipinski definition) is 1. The molecule has 0 saturated carbocycles. The zero-order valence-corrected chi connectivity index (χ0v) is 25.0. The lowest BCUT2D eigenvalue weighted by Gasteiger charge is -2.18. The maximum atomic E-state index is 9.32. The molecule has 218 valence electrons. The van der Waals surface area contributed by atoms with E-state index in [4.69, 9.17) is 9.90 Å². The summed E-state index contributed by atoms with van der Waals surface area (Å²) in [7, 11) is 0. The van der Waals surface area contributed by atoms with E-state index in [0.29, 0.717) is 27.8 Å². The molecule has 0 aliphatic heterocycles. The standard InChI is InChI=1S/C46H28O/c1-2-12-31-26-35(21-20-29(31)10-1)45-39-18-7-5-16-37(39)44(38-17-6-8-19-40(38)45)34-14-9-13-32(27-34)33-22-24-41-43(28-33)47-42-25-23-30-11-3-4-15-36(30)46(41)42/h1-28H/i5D,6D,7D,8D,16D,17D,18D,19D. The summed E-state index contributed by atoms with van der Waals surface area (Å²) in [6, 6.07) is 36.4. The van der Waals surface area contributed by atoms with Gasteiger partial charge in [0.05, 0.1) is 11.0 Å². The van der Waals surface area contributed by atoms with Crippen LogP contribution >= 0.6 is 0 Å². The summed E-state index contributed by atoms with van der Waals surface area (Å²) in [5.41, 5.74) is 4.91. The van der Waals surface area contributed by atoms with Gasteiger partial charge in [0.2, 0.25) is 0 Å². The smallest absolute Gasteiger partial charge is 0.136 e. The van der Waals surface area contributed by atoms with E-state index < -0.39 is 24.2 Å². The molecule has 10 rings (SSSR count). The average molecular weight is 605 g/mol. The van der Waals surface area contributed by atoms with Gasteiger partial charge >= 0.3 is 0 Å². The van der Waals surface area contributed by atoms with Gasteiger partial charge in [0.15, 0.2) is 0 Å². The molecule has 1 heteroatoms. The molecule has 0 radical (unpaired) electrons. The molecule has 47 heavy (non-hydrogen) atoms. The minimum Gasteiger partial charge on any atom is -0.456 e. The van der Waals surface area contributed by atoms with Gasteiger partial charge in [-0.2, -0.15) is 0 Å². The molecule has 0 saturated heterocycles. The third kappa shape index (κ3) is 4.03. The van der Waals surface area contributed by atoms with E-state index in [0.717, 1.165) is 49.0 Å². The fraction of sp³-hybridized carbons (Fsp3) is 0. The summed E-state index contributed by atoms with van der Waals surface area (Å²) in [5.74, 6) is 0. The van der Waals surface area contributed by atoms with Gasteiger partial charge in [-0.05, 0) is 107 Å². The van der Waals surface area contributed by atoms with E-state index in [2.05, 4.69) is 12.1 Å². The third-order valence-corrected chi connectivity index (χ3v) is 9.26. The van der Waals surface area contributed by atoms with Crippen LogP contribution in [0.15, 0.2) is 174 Å². The Morgan fingerprint density at radius 2 is 0.936 bits per heavy atom. The van der Waals surface area contributed by atoms with Crippen LogP contribution in [0.3, 0.4) is 0 Å². The molecular weight excluding hydrogens is 569 g/mol. The first-order chi connectivity index (χ1) is 26.6. The first-order valence-corrected chi connectivity index (χ1v) is 15.5. The maximum Gasteiger partial charge on any atom is 0.136 e. The van der Waals surface area contributed by atoms with E-state index in [-0.39, 0.29) is 45.7 Å². The molecule has 0 N–H and O–H groups in total. The molecular formula is C46H28O. The van der Waals surface area contributed by atoms with Gasteiger partial charge < -0.3 is 4.42 Å². The number of benzene rings is 9. The van der Waals surface area contributed by atoms with Crippen molar-refractivity contribution in [1.82, 2.24) is 0 Å². The van der Waals surface area contributed by atoms with E-state index >= 15 is 0 Å². The first kappa shape index (κ1) is 19.4. The highest BCUT2D eigenvalue weighted by molar-refractivity contribution is 6.22. The minimum atomic E-state index is -0.428. The monoisotopic (exact) mass is 604 g/mol. The Balaban J connectivity index is 1.30. The molecule has 0 unspecified atom stereocenters. The molecule has 0 amide bonds. The molecule has 0 bridgehead atoms. The summed E-state index contributed by atoms with van der Waals surface area (Å²) in [6.07, 6.45) is 0. The van der Waals surface area contributed by atoms with Crippen molar-refractivity contribution in [2.24, 2.45) is 0 Å². The van der Waals surface area contributed by atoms with Crippen LogP contribution in [0.2, 0.25) is 0 Å². The van der Waals surface area contributed by atoms with Crippen LogP contribution in [0.5, 0.6) is 0 Å². The van der Waals surface area contributed by atoms with Crippen molar-refractivity contribution in [3.05, 3.63) is 170 Å². The summed E-state index contributed by atoms with van der Waals surface area (Å²) < 4.78 is 78.7. The first-order valence-electron chi connectivity index (χ1n) is 19.5. The fourth-order valence-electron chi connectivity index (χ4n) is 7.13. The van der Waals surface area contributed by atoms with Crippen LogP contribution in [0, 0.1) is 0 Å². The quantitative estimate of drug-likeness (QED) is 0.183.